The number of carbonyl (C=O) groups is 1. The lowest BCUT2D eigenvalue weighted by Gasteiger charge is -2.49. The summed E-state index contributed by atoms with van der Waals surface area (Å²) in [5, 5.41) is 3.19. The zero-order chi connectivity index (χ0) is 25.1. The molecule has 2 atom stereocenters. The fourth-order valence-electron chi connectivity index (χ4n) is 5.34. The third-order valence-electron chi connectivity index (χ3n) is 7.33. The van der Waals surface area contributed by atoms with Crippen LogP contribution >= 0.6 is 0 Å². The number of piperazine rings is 1. The van der Waals surface area contributed by atoms with E-state index in [4.69, 9.17) is 9.47 Å². The summed E-state index contributed by atoms with van der Waals surface area (Å²) in [6.45, 7) is 2.84. The van der Waals surface area contributed by atoms with Gasteiger partial charge < -0.3 is 24.6 Å². The predicted octanol–water partition coefficient (Wildman–Crippen LogP) is 4.07. The summed E-state index contributed by atoms with van der Waals surface area (Å²) in [6.07, 6.45) is 1.43. The highest BCUT2D eigenvalue weighted by Crippen LogP contribution is 2.39. The molecule has 2 aliphatic rings. The molecule has 3 aromatic rings. The third-order valence-corrected chi connectivity index (χ3v) is 7.33. The van der Waals surface area contributed by atoms with Crippen LogP contribution in [0.2, 0.25) is 0 Å². The number of anilines is 2. The van der Waals surface area contributed by atoms with Crippen molar-refractivity contribution in [3.8, 4) is 11.5 Å². The quantitative estimate of drug-likeness (QED) is 0.542. The number of rotatable bonds is 7. The average Bonchev–Trinajstić information content (AvgIpc) is 2.92. The summed E-state index contributed by atoms with van der Waals surface area (Å²) >= 11 is 0. The molecule has 0 aliphatic carbocycles. The Bertz CT molecular complexity index is 1200. The van der Waals surface area contributed by atoms with Gasteiger partial charge in [0.2, 0.25) is 5.91 Å². The number of halogens is 1. The molecule has 3 aromatic carbocycles. The van der Waals surface area contributed by atoms with E-state index in [0.717, 1.165) is 53.5 Å². The molecule has 5 rings (SSSR count). The summed E-state index contributed by atoms with van der Waals surface area (Å²) in [4.78, 5) is 18.1. The third kappa shape index (κ3) is 4.96. The van der Waals surface area contributed by atoms with Crippen molar-refractivity contribution in [1.82, 2.24) is 5.32 Å². The van der Waals surface area contributed by atoms with Crippen molar-refractivity contribution >= 4 is 17.3 Å². The standard InChI is InChI=1S/C29H32FN3O3/c1-35-24-10-3-20(4-11-24)13-14-31-29(34)26-17-21-5-12-25(36-2)18-27(21)33-16-15-32(19-28(26)33)23-8-6-22(30)7-9-23/h3-12,18,26,28H,13-17,19H2,1-2H3,(H,31,34)/t26-,28-/m0/s1. The van der Waals surface area contributed by atoms with E-state index in [1.54, 1.807) is 14.2 Å². The van der Waals surface area contributed by atoms with Crippen LogP contribution in [0.1, 0.15) is 11.1 Å². The topological polar surface area (TPSA) is 54.0 Å². The summed E-state index contributed by atoms with van der Waals surface area (Å²) < 4.78 is 24.2. The second kappa shape index (κ2) is 10.5. The first-order chi connectivity index (χ1) is 17.6. The summed E-state index contributed by atoms with van der Waals surface area (Å²) in [5.41, 5.74) is 4.43. The van der Waals surface area contributed by atoms with Crippen molar-refractivity contribution in [2.75, 3.05) is 50.2 Å². The van der Waals surface area contributed by atoms with Crippen LogP contribution in [0.5, 0.6) is 11.5 Å². The molecule has 2 aliphatic heterocycles. The molecule has 0 unspecified atom stereocenters. The number of amides is 1. The first-order valence-electron chi connectivity index (χ1n) is 12.4. The van der Waals surface area contributed by atoms with Crippen LogP contribution in [0, 0.1) is 11.7 Å². The van der Waals surface area contributed by atoms with Gasteiger partial charge in [-0.3, -0.25) is 4.79 Å². The number of nitrogens with zero attached hydrogens (tertiary/aromatic N) is 2. The van der Waals surface area contributed by atoms with Crippen LogP contribution in [-0.4, -0.2) is 52.3 Å². The Balaban J connectivity index is 1.34. The van der Waals surface area contributed by atoms with Crippen molar-refractivity contribution in [3.05, 3.63) is 83.7 Å². The predicted molar refractivity (Wildman–Crippen MR) is 140 cm³/mol. The Kier molecular flexibility index (Phi) is 6.98. The monoisotopic (exact) mass is 489 g/mol. The number of hydrogen-bond donors (Lipinski definition) is 1. The van der Waals surface area contributed by atoms with Crippen LogP contribution in [0.15, 0.2) is 66.7 Å². The van der Waals surface area contributed by atoms with E-state index < -0.39 is 0 Å². The summed E-state index contributed by atoms with van der Waals surface area (Å²) in [5.74, 6) is 1.27. The van der Waals surface area contributed by atoms with Gasteiger partial charge >= 0.3 is 0 Å². The number of benzene rings is 3. The van der Waals surface area contributed by atoms with Gasteiger partial charge in [-0.15, -0.1) is 0 Å². The minimum atomic E-state index is -0.245. The van der Waals surface area contributed by atoms with Gasteiger partial charge in [0, 0.05) is 43.6 Å². The maximum absolute atomic E-state index is 13.5. The first kappa shape index (κ1) is 24.0. The zero-order valence-corrected chi connectivity index (χ0v) is 20.7. The molecule has 0 spiro atoms. The van der Waals surface area contributed by atoms with Crippen molar-refractivity contribution in [2.45, 2.75) is 18.9 Å². The van der Waals surface area contributed by atoms with Crippen molar-refractivity contribution in [2.24, 2.45) is 5.92 Å². The number of hydrogen-bond acceptors (Lipinski definition) is 5. The highest BCUT2D eigenvalue weighted by Gasteiger charge is 2.41. The lowest BCUT2D eigenvalue weighted by Crippen LogP contribution is -2.61. The minimum absolute atomic E-state index is 0.00407. The molecule has 1 saturated heterocycles. The first-order valence-corrected chi connectivity index (χ1v) is 12.4. The normalized spacial score (nSPS) is 18.8. The van der Waals surface area contributed by atoms with E-state index in [1.807, 2.05) is 42.5 Å². The largest absolute Gasteiger partial charge is 0.497 e. The lowest BCUT2D eigenvalue weighted by atomic mass is 9.83. The number of carbonyl (C=O) groups excluding carboxylic acids is 1. The van der Waals surface area contributed by atoms with Gasteiger partial charge in [-0.2, -0.15) is 0 Å². The molecule has 1 fully saturated rings. The molecule has 188 valence electrons. The van der Waals surface area contributed by atoms with E-state index in [0.29, 0.717) is 19.5 Å². The second-order valence-corrected chi connectivity index (χ2v) is 9.38. The minimum Gasteiger partial charge on any atom is -0.497 e. The smallest absolute Gasteiger partial charge is 0.225 e. The number of fused-ring (bicyclic) bond motifs is 3. The molecule has 6 nitrogen and oxygen atoms in total. The van der Waals surface area contributed by atoms with Crippen LogP contribution in [0.3, 0.4) is 0 Å². The van der Waals surface area contributed by atoms with E-state index in [1.165, 1.54) is 12.1 Å². The van der Waals surface area contributed by atoms with Crippen LogP contribution < -0.4 is 24.6 Å². The SMILES string of the molecule is COc1ccc(CCNC(=O)[C@H]2Cc3ccc(OC)cc3N3CCN(c4ccc(F)cc4)C[C@@H]23)cc1. The van der Waals surface area contributed by atoms with Gasteiger partial charge in [0.05, 0.1) is 26.2 Å². The Hall–Kier alpha value is -3.74. The second-order valence-electron chi connectivity index (χ2n) is 9.38. The van der Waals surface area contributed by atoms with Gasteiger partial charge in [0.25, 0.3) is 0 Å². The average molecular weight is 490 g/mol. The van der Waals surface area contributed by atoms with Gasteiger partial charge in [-0.25, -0.2) is 4.39 Å². The van der Waals surface area contributed by atoms with Crippen LogP contribution in [-0.2, 0) is 17.6 Å². The summed E-state index contributed by atoms with van der Waals surface area (Å²) in [7, 11) is 3.33. The maximum atomic E-state index is 13.5. The van der Waals surface area contributed by atoms with Gasteiger partial charge in [0.15, 0.2) is 0 Å². The van der Waals surface area contributed by atoms with Gasteiger partial charge in [-0.1, -0.05) is 18.2 Å². The Morgan fingerprint density at radius 3 is 2.42 bits per heavy atom. The molecule has 2 heterocycles. The van der Waals surface area contributed by atoms with E-state index in [9.17, 15) is 9.18 Å². The molecule has 1 N–H and O–H groups in total. The van der Waals surface area contributed by atoms with Gasteiger partial charge in [0.1, 0.15) is 17.3 Å². The molecule has 0 radical (unpaired) electrons. The highest BCUT2D eigenvalue weighted by molar-refractivity contribution is 5.82. The number of methoxy groups -OCH3 is 2. The Labute approximate surface area is 211 Å². The summed E-state index contributed by atoms with van der Waals surface area (Å²) in [6, 6.07) is 20.7. The molecule has 0 saturated carbocycles. The maximum Gasteiger partial charge on any atom is 0.225 e. The molecule has 1 amide bonds. The van der Waals surface area contributed by atoms with Crippen molar-refractivity contribution in [1.29, 1.82) is 0 Å². The zero-order valence-electron chi connectivity index (χ0n) is 20.7. The van der Waals surface area contributed by atoms with E-state index >= 15 is 0 Å². The fourth-order valence-corrected chi connectivity index (χ4v) is 5.34. The molecule has 0 bridgehead atoms. The van der Waals surface area contributed by atoms with E-state index in [-0.39, 0.29) is 23.7 Å². The van der Waals surface area contributed by atoms with Crippen LogP contribution in [0.4, 0.5) is 15.8 Å². The molecule has 36 heavy (non-hydrogen) atoms. The van der Waals surface area contributed by atoms with Gasteiger partial charge in [-0.05, 0) is 66.4 Å². The number of nitrogens with one attached hydrogen (secondary N) is 1. The molecular formula is C29H32FN3O3. The molecular weight excluding hydrogens is 457 g/mol. The molecule has 7 heteroatoms. The highest BCUT2D eigenvalue weighted by atomic mass is 19.1. The number of ether oxygens (including phenoxy) is 2. The van der Waals surface area contributed by atoms with Crippen molar-refractivity contribution in [3.63, 3.8) is 0 Å². The Morgan fingerprint density at radius 1 is 0.972 bits per heavy atom. The van der Waals surface area contributed by atoms with Crippen molar-refractivity contribution < 1.29 is 18.7 Å². The Morgan fingerprint density at radius 2 is 1.69 bits per heavy atom. The molecule has 0 aromatic heterocycles. The fraction of sp³-hybridized carbons (Fsp3) is 0.345. The lowest BCUT2D eigenvalue weighted by molar-refractivity contribution is -0.125. The van der Waals surface area contributed by atoms with E-state index in [2.05, 4.69) is 27.2 Å². The van der Waals surface area contributed by atoms with Crippen LogP contribution in [0.25, 0.3) is 0 Å².